The average Bonchev–Trinajstić information content (AvgIpc) is 2.18. The van der Waals surface area contributed by atoms with Gasteiger partial charge in [0.25, 0.3) is 0 Å². The lowest BCUT2D eigenvalue weighted by molar-refractivity contribution is 0.534. The van der Waals surface area contributed by atoms with Gasteiger partial charge in [0.1, 0.15) is 5.66 Å². The zero-order chi connectivity index (χ0) is 12.6. The van der Waals surface area contributed by atoms with E-state index in [9.17, 15) is 0 Å². The number of anilines is 1. The van der Waals surface area contributed by atoms with Gasteiger partial charge in [0.15, 0.2) is 0 Å². The first kappa shape index (κ1) is 17.8. The van der Waals surface area contributed by atoms with Gasteiger partial charge in [0.2, 0.25) is 11.9 Å². The van der Waals surface area contributed by atoms with Gasteiger partial charge < -0.3 is 11.5 Å². The van der Waals surface area contributed by atoms with Gasteiger partial charge in [0.05, 0.1) is 0 Å². The number of halogens is 3. The molecule has 1 heterocycles. The fourth-order valence-electron chi connectivity index (χ4n) is 1.84. The molecule has 19 heavy (non-hydrogen) atoms. The minimum Gasteiger partial charge on any atom is -0.369 e. The lowest BCUT2D eigenvalue weighted by Gasteiger charge is -2.38. The molecule has 5 nitrogen and oxygen atoms in total. The van der Waals surface area contributed by atoms with Gasteiger partial charge in [-0.25, -0.2) is 4.99 Å². The van der Waals surface area contributed by atoms with E-state index in [0.717, 1.165) is 5.69 Å². The van der Waals surface area contributed by atoms with Crippen LogP contribution < -0.4 is 16.4 Å². The van der Waals surface area contributed by atoms with Crippen molar-refractivity contribution in [1.82, 2.24) is 0 Å². The third kappa shape index (κ3) is 3.65. The molecule has 0 radical (unpaired) electrons. The van der Waals surface area contributed by atoms with Crippen LogP contribution in [0.1, 0.15) is 13.8 Å². The lowest BCUT2D eigenvalue weighted by atomic mass is 10.1. The first-order valence-corrected chi connectivity index (χ1v) is 5.53. The van der Waals surface area contributed by atoms with Gasteiger partial charge in [0, 0.05) is 10.7 Å². The van der Waals surface area contributed by atoms with Gasteiger partial charge in [-0.1, -0.05) is 11.6 Å². The summed E-state index contributed by atoms with van der Waals surface area (Å²) < 4.78 is 0. The predicted molar refractivity (Wildman–Crippen MR) is 85.8 cm³/mol. The second-order valence-corrected chi connectivity index (χ2v) is 4.68. The molecular formula is C11H16Cl3N5. The fraction of sp³-hybridized carbons (Fsp3) is 0.273. The second kappa shape index (κ2) is 6.32. The SMILES string of the molecule is CC1(C)N=C(N)N=C(N)N1c1ccc(Cl)cc1.Cl.Cl. The lowest BCUT2D eigenvalue weighted by Crippen LogP contribution is -2.54. The zero-order valence-electron chi connectivity index (χ0n) is 10.5. The molecule has 8 heteroatoms. The summed E-state index contributed by atoms with van der Waals surface area (Å²) in [4.78, 5) is 10.0. The fourth-order valence-corrected chi connectivity index (χ4v) is 1.97. The monoisotopic (exact) mass is 323 g/mol. The molecule has 0 spiro atoms. The minimum absolute atomic E-state index is 0. The van der Waals surface area contributed by atoms with Crippen molar-refractivity contribution in [3.8, 4) is 0 Å². The molecule has 2 rings (SSSR count). The molecule has 0 aliphatic carbocycles. The van der Waals surface area contributed by atoms with Crippen molar-refractivity contribution in [2.24, 2.45) is 21.5 Å². The molecule has 4 N–H and O–H groups in total. The first-order chi connectivity index (χ1) is 7.90. The molecule has 106 valence electrons. The van der Waals surface area contributed by atoms with E-state index in [1.54, 1.807) is 17.0 Å². The van der Waals surface area contributed by atoms with Crippen molar-refractivity contribution >= 4 is 54.0 Å². The molecule has 1 aliphatic rings. The molecule has 0 saturated heterocycles. The standard InChI is InChI=1S/C11H14ClN5.2ClH/c1-11(2)16-9(13)15-10(14)17(11)8-5-3-7(12)4-6-8;;/h3-6H,1-2H3,(H4,13,14,15,16);2*1H. The molecule has 0 fully saturated rings. The van der Waals surface area contributed by atoms with Crippen LogP contribution in [0.4, 0.5) is 5.69 Å². The predicted octanol–water partition coefficient (Wildman–Crippen LogP) is 2.37. The van der Waals surface area contributed by atoms with Crippen LogP contribution in [-0.4, -0.2) is 17.6 Å². The van der Waals surface area contributed by atoms with Crippen LogP contribution in [0.3, 0.4) is 0 Å². The Labute approximate surface area is 129 Å². The van der Waals surface area contributed by atoms with Gasteiger partial charge in [-0.15, -0.1) is 24.8 Å². The third-order valence-corrected chi connectivity index (χ3v) is 2.73. The molecule has 0 atom stereocenters. The number of rotatable bonds is 1. The third-order valence-electron chi connectivity index (χ3n) is 2.48. The summed E-state index contributed by atoms with van der Waals surface area (Å²) in [6.07, 6.45) is 0. The van der Waals surface area contributed by atoms with E-state index in [1.807, 2.05) is 26.0 Å². The van der Waals surface area contributed by atoms with Gasteiger partial charge in [-0.05, 0) is 38.1 Å². The van der Waals surface area contributed by atoms with E-state index in [-0.39, 0.29) is 30.8 Å². The minimum atomic E-state index is -0.566. The maximum Gasteiger partial charge on any atom is 0.220 e. The number of nitrogens with two attached hydrogens (primary N) is 2. The van der Waals surface area contributed by atoms with E-state index < -0.39 is 5.66 Å². The van der Waals surface area contributed by atoms with E-state index in [2.05, 4.69) is 9.98 Å². The molecule has 1 aromatic carbocycles. The van der Waals surface area contributed by atoms with Crippen molar-refractivity contribution < 1.29 is 0 Å². The molecule has 0 aromatic heterocycles. The van der Waals surface area contributed by atoms with Gasteiger partial charge >= 0.3 is 0 Å². The van der Waals surface area contributed by atoms with Gasteiger partial charge in [-0.2, -0.15) is 4.99 Å². The maximum absolute atomic E-state index is 5.90. The molecule has 1 aromatic rings. The van der Waals surface area contributed by atoms with Crippen LogP contribution in [0, 0.1) is 0 Å². The normalized spacial score (nSPS) is 16.7. The van der Waals surface area contributed by atoms with E-state index in [1.165, 1.54) is 0 Å². The van der Waals surface area contributed by atoms with E-state index >= 15 is 0 Å². The highest BCUT2D eigenvalue weighted by Gasteiger charge is 2.32. The quantitative estimate of drug-likeness (QED) is 0.832. The Bertz CT molecular complexity index is 496. The molecule has 0 amide bonds. The Morgan fingerprint density at radius 3 is 2.11 bits per heavy atom. The summed E-state index contributed by atoms with van der Waals surface area (Å²) in [5.74, 6) is 0.516. The number of hydrogen-bond acceptors (Lipinski definition) is 5. The topological polar surface area (TPSA) is 80.0 Å². The molecule has 0 saturated carbocycles. The highest BCUT2D eigenvalue weighted by atomic mass is 35.5. The van der Waals surface area contributed by atoms with Crippen LogP contribution in [0.2, 0.25) is 5.02 Å². The molecule has 0 bridgehead atoms. The highest BCUT2D eigenvalue weighted by Crippen LogP contribution is 2.28. The highest BCUT2D eigenvalue weighted by molar-refractivity contribution is 6.30. The zero-order valence-corrected chi connectivity index (χ0v) is 12.9. The summed E-state index contributed by atoms with van der Waals surface area (Å²) in [6, 6.07) is 7.32. The van der Waals surface area contributed by atoms with Crippen molar-refractivity contribution in [3.05, 3.63) is 29.3 Å². The molecule has 0 unspecified atom stereocenters. The summed E-state index contributed by atoms with van der Waals surface area (Å²) >= 11 is 5.85. The Morgan fingerprint density at radius 1 is 1.11 bits per heavy atom. The Kier molecular flexibility index (Phi) is 5.93. The average molecular weight is 325 g/mol. The van der Waals surface area contributed by atoms with Crippen molar-refractivity contribution in [3.63, 3.8) is 0 Å². The smallest absolute Gasteiger partial charge is 0.220 e. The first-order valence-electron chi connectivity index (χ1n) is 5.15. The van der Waals surface area contributed by atoms with Crippen LogP contribution >= 0.6 is 36.4 Å². The second-order valence-electron chi connectivity index (χ2n) is 4.25. The number of hydrogen-bond donors (Lipinski definition) is 2. The summed E-state index contributed by atoms with van der Waals surface area (Å²) in [7, 11) is 0. The van der Waals surface area contributed by atoms with Crippen molar-refractivity contribution in [1.29, 1.82) is 0 Å². The van der Waals surface area contributed by atoms with Crippen LogP contribution in [-0.2, 0) is 0 Å². The Hall–Kier alpha value is -1.17. The summed E-state index contributed by atoms with van der Waals surface area (Å²) in [6.45, 7) is 3.83. The summed E-state index contributed by atoms with van der Waals surface area (Å²) in [5.41, 5.74) is 11.8. The van der Waals surface area contributed by atoms with Crippen LogP contribution in [0.15, 0.2) is 34.3 Å². The Morgan fingerprint density at radius 2 is 1.63 bits per heavy atom. The van der Waals surface area contributed by atoms with Gasteiger partial charge in [-0.3, -0.25) is 4.90 Å². The maximum atomic E-state index is 5.90. The largest absolute Gasteiger partial charge is 0.369 e. The molecular weight excluding hydrogens is 309 g/mol. The van der Waals surface area contributed by atoms with Crippen molar-refractivity contribution in [2.75, 3.05) is 4.90 Å². The summed E-state index contributed by atoms with van der Waals surface area (Å²) in [5, 5.41) is 0.669. The number of aliphatic imine (C=N–C) groups is 2. The van der Waals surface area contributed by atoms with Crippen LogP contribution in [0.25, 0.3) is 0 Å². The number of guanidine groups is 2. The van der Waals surface area contributed by atoms with Crippen LogP contribution in [0.5, 0.6) is 0 Å². The number of benzene rings is 1. The molecule has 1 aliphatic heterocycles. The number of nitrogens with zero attached hydrogens (tertiary/aromatic N) is 3. The van der Waals surface area contributed by atoms with E-state index in [4.69, 9.17) is 23.1 Å². The van der Waals surface area contributed by atoms with Crippen molar-refractivity contribution in [2.45, 2.75) is 19.5 Å². The van der Waals surface area contributed by atoms with E-state index in [0.29, 0.717) is 11.0 Å². The Balaban J connectivity index is 0.00000162.